The molecule has 2 aromatic rings. The molecule has 0 unspecified atom stereocenters. The van der Waals surface area contributed by atoms with Crippen LogP contribution >= 0.6 is 11.6 Å². The largest absolute Gasteiger partial charge is 0.495 e. The van der Waals surface area contributed by atoms with E-state index >= 15 is 0 Å². The van der Waals surface area contributed by atoms with Crippen LogP contribution < -0.4 is 10.1 Å². The van der Waals surface area contributed by atoms with Crippen LogP contribution in [0.3, 0.4) is 0 Å². The van der Waals surface area contributed by atoms with E-state index in [9.17, 15) is 13.2 Å². The van der Waals surface area contributed by atoms with Gasteiger partial charge in [0, 0.05) is 24.0 Å². The number of pyridine rings is 1. The van der Waals surface area contributed by atoms with Crippen molar-refractivity contribution in [2.45, 2.75) is 18.2 Å². The minimum atomic E-state index is -3.62. The first-order valence-corrected chi connectivity index (χ1v) is 9.13. The van der Waals surface area contributed by atoms with Gasteiger partial charge in [-0.25, -0.2) is 8.42 Å². The van der Waals surface area contributed by atoms with Gasteiger partial charge in [0.1, 0.15) is 5.75 Å². The number of hydrogen-bond donors (Lipinski definition) is 1. The van der Waals surface area contributed by atoms with Crippen LogP contribution in [0.25, 0.3) is 0 Å². The predicted molar refractivity (Wildman–Crippen MR) is 92.3 cm³/mol. The zero-order valence-electron chi connectivity index (χ0n) is 13.2. The number of carbonyl (C=O) groups excluding carboxylic acids is 1. The Balaban J connectivity index is 2.02. The zero-order chi connectivity index (χ0) is 17.7. The lowest BCUT2D eigenvalue weighted by Crippen LogP contribution is -2.17. The molecule has 24 heavy (non-hydrogen) atoms. The van der Waals surface area contributed by atoms with Crippen molar-refractivity contribution in [2.75, 3.05) is 18.2 Å². The Kier molecular flexibility index (Phi) is 5.80. The summed E-state index contributed by atoms with van der Waals surface area (Å²) in [6.07, 6.45) is 1.41. The second kappa shape index (κ2) is 7.63. The van der Waals surface area contributed by atoms with Crippen LogP contribution in [0.2, 0.25) is 5.02 Å². The van der Waals surface area contributed by atoms with Gasteiger partial charge in [-0.3, -0.25) is 9.78 Å². The van der Waals surface area contributed by atoms with Gasteiger partial charge in [-0.15, -0.1) is 0 Å². The number of ether oxygens (including phenoxy) is 1. The number of halogens is 1. The normalized spacial score (nSPS) is 11.1. The van der Waals surface area contributed by atoms with Crippen LogP contribution in [0.15, 0.2) is 41.4 Å². The van der Waals surface area contributed by atoms with E-state index in [4.69, 9.17) is 16.3 Å². The Morgan fingerprint density at radius 1 is 1.29 bits per heavy atom. The summed E-state index contributed by atoms with van der Waals surface area (Å²) >= 11 is 5.95. The van der Waals surface area contributed by atoms with Gasteiger partial charge in [-0.2, -0.15) is 0 Å². The van der Waals surface area contributed by atoms with Crippen molar-refractivity contribution in [3.05, 3.63) is 47.2 Å². The van der Waals surface area contributed by atoms with Crippen molar-refractivity contribution in [3.8, 4) is 5.75 Å². The van der Waals surface area contributed by atoms with Crippen LogP contribution in [0.1, 0.15) is 12.1 Å². The number of methoxy groups -OCH3 is 1. The molecule has 0 fully saturated rings. The molecule has 6 nitrogen and oxygen atoms in total. The highest BCUT2D eigenvalue weighted by atomic mass is 35.5. The fourth-order valence-corrected chi connectivity index (χ4v) is 3.62. The molecule has 0 saturated heterocycles. The monoisotopic (exact) mass is 368 g/mol. The van der Waals surface area contributed by atoms with E-state index in [0.29, 0.717) is 11.4 Å². The Hall–Kier alpha value is -2.12. The average molecular weight is 369 g/mol. The number of sulfone groups is 1. The van der Waals surface area contributed by atoms with Gasteiger partial charge in [0.05, 0.1) is 22.8 Å². The minimum Gasteiger partial charge on any atom is -0.495 e. The number of carbonyl (C=O) groups is 1. The summed E-state index contributed by atoms with van der Waals surface area (Å²) in [6, 6.07) is 7.55. The van der Waals surface area contributed by atoms with E-state index in [-0.39, 0.29) is 28.0 Å². The summed E-state index contributed by atoms with van der Waals surface area (Å²) in [5, 5.41) is 2.85. The van der Waals surface area contributed by atoms with Crippen molar-refractivity contribution in [2.24, 2.45) is 0 Å². The van der Waals surface area contributed by atoms with E-state index in [1.807, 2.05) is 0 Å². The molecule has 0 spiro atoms. The number of nitrogens with one attached hydrogen (secondary N) is 1. The fraction of sp³-hybridized carbons (Fsp3) is 0.250. The van der Waals surface area contributed by atoms with Crippen LogP contribution in [-0.2, 0) is 14.6 Å². The minimum absolute atomic E-state index is 0.0563. The fourth-order valence-electron chi connectivity index (χ4n) is 2.03. The molecule has 0 aliphatic carbocycles. The number of amides is 1. The standard InChI is InChI=1S/C16H17ClN2O4S/c1-11-9-12(5-7-18-11)19-16(20)6-8-24(21,22)13-3-4-15(23-2)14(17)10-13/h3-5,7,9-10H,6,8H2,1-2H3,(H,18,19,20). The molecule has 128 valence electrons. The van der Waals surface area contributed by atoms with Crippen molar-refractivity contribution in [1.82, 2.24) is 4.98 Å². The van der Waals surface area contributed by atoms with E-state index in [2.05, 4.69) is 10.3 Å². The van der Waals surface area contributed by atoms with Gasteiger partial charge in [0.2, 0.25) is 5.91 Å². The number of anilines is 1. The molecule has 0 radical (unpaired) electrons. The Labute approximate surface area is 145 Å². The van der Waals surface area contributed by atoms with Crippen molar-refractivity contribution >= 4 is 33.0 Å². The summed E-state index contributed by atoms with van der Waals surface area (Å²) in [7, 11) is -2.17. The van der Waals surface area contributed by atoms with Gasteiger partial charge >= 0.3 is 0 Å². The number of aromatic nitrogens is 1. The summed E-state index contributed by atoms with van der Waals surface area (Å²) in [5.41, 5.74) is 1.34. The van der Waals surface area contributed by atoms with Gasteiger partial charge in [-0.05, 0) is 37.3 Å². The Morgan fingerprint density at radius 2 is 2.04 bits per heavy atom. The predicted octanol–water partition coefficient (Wildman–Crippen LogP) is 2.85. The molecule has 1 amide bonds. The Morgan fingerprint density at radius 3 is 2.67 bits per heavy atom. The van der Waals surface area contributed by atoms with Crippen molar-refractivity contribution in [3.63, 3.8) is 0 Å². The molecule has 0 atom stereocenters. The third-order valence-corrected chi connectivity index (χ3v) is 5.27. The second-order valence-corrected chi connectivity index (χ2v) is 7.62. The summed E-state index contributed by atoms with van der Waals surface area (Å²) < 4.78 is 29.6. The average Bonchev–Trinajstić information content (AvgIpc) is 2.53. The summed E-state index contributed by atoms with van der Waals surface area (Å²) in [5.74, 6) is -0.309. The molecule has 0 aliphatic rings. The van der Waals surface area contributed by atoms with Crippen LogP contribution in [-0.4, -0.2) is 32.2 Å². The smallest absolute Gasteiger partial charge is 0.225 e. The number of nitrogens with zero attached hydrogens (tertiary/aromatic N) is 1. The highest BCUT2D eigenvalue weighted by Crippen LogP contribution is 2.27. The molecule has 1 aromatic heterocycles. The molecule has 1 heterocycles. The Bertz CT molecular complexity index is 853. The van der Waals surface area contributed by atoms with E-state index in [1.54, 1.807) is 25.3 Å². The van der Waals surface area contributed by atoms with Gasteiger partial charge in [-0.1, -0.05) is 11.6 Å². The molecule has 0 bridgehead atoms. The first-order chi connectivity index (χ1) is 11.3. The lowest BCUT2D eigenvalue weighted by molar-refractivity contribution is -0.115. The third kappa shape index (κ3) is 4.69. The maximum Gasteiger partial charge on any atom is 0.225 e. The summed E-state index contributed by atoms with van der Waals surface area (Å²) in [6.45, 7) is 1.80. The first kappa shape index (κ1) is 18.2. The number of hydrogen-bond acceptors (Lipinski definition) is 5. The zero-order valence-corrected chi connectivity index (χ0v) is 14.8. The number of benzene rings is 1. The van der Waals surface area contributed by atoms with Crippen LogP contribution in [0.4, 0.5) is 5.69 Å². The van der Waals surface area contributed by atoms with E-state index in [0.717, 1.165) is 5.69 Å². The highest BCUT2D eigenvalue weighted by molar-refractivity contribution is 7.91. The maximum atomic E-state index is 12.3. The summed E-state index contributed by atoms with van der Waals surface area (Å²) in [4.78, 5) is 16.0. The van der Waals surface area contributed by atoms with Crippen LogP contribution in [0.5, 0.6) is 5.75 Å². The van der Waals surface area contributed by atoms with Gasteiger partial charge in [0.15, 0.2) is 9.84 Å². The quantitative estimate of drug-likeness (QED) is 0.847. The lowest BCUT2D eigenvalue weighted by Gasteiger charge is -2.08. The van der Waals surface area contributed by atoms with Gasteiger partial charge in [0.25, 0.3) is 0 Å². The van der Waals surface area contributed by atoms with E-state index < -0.39 is 9.84 Å². The van der Waals surface area contributed by atoms with E-state index in [1.165, 1.54) is 25.3 Å². The third-order valence-electron chi connectivity index (χ3n) is 3.26. The SMILES string of the molecule is COc1ccc(S(=O)(=O)CCC(=O)Nc2ccnc(C)c2)cc1Cl. The second-order valence-electron chi connectivity index (χ2n) is 5.10. The molecule has 0 saturated carbocycles. The molecule has 8 heteroatoms. The van der Waals surface area contributed by atoms with Crippen molar-refractivity contribution in [1.29, 1.82) is 0 Å². The lowest BCUT2D eigenvalue weighted by atomic mass is 10.3. The molecule has 1 N–H and O–H groups in total. The highest BCUT2D eigenvalue weighted by Gasteiger charge is 2.18. The van der Waals surface area contributed by atoms with Gasteiger partial charge < -0.3 is 10.1 Å². The molecule has 0 aliphatic heterocycles. The first-order valence-electron chi connectivity index (χ1n) is 7.10. The number of rotatable bonds is 6. The maximum absolute atomic E-state index is 12.3. The molecule has 1 aromatic carbocycles. The topological polar surface area (TPSA) is 85.4 Å². The molecular formula is C16H17ClN2O4S. The van der Waals surface area contributed by atoms with Crippen LogP contribution in [0, 0.1) is 6.92 Å². The number of aryl methyl sites for hydroxylation is 1. The molecule has 2 rings (SSSR count). The van der Waals surface area contributed by atoms with Crippen molar-refractivity contribution < 1.29 is 17.9 Å². The molecular weight excluding hydrogens is 352 g/mol.